The second-order valence-corrected chi connectivity index (χ2v) is 3.84. The Labute approximate surface area is 78.9 Å². The number of anilines is 1. The number of nitrogens with two attached hydrogens (primary N) is 1. The molecule has 1 fully saturated rings. The Morgan fingerprint density at radius 2 is 2.46 bits per heavy atom. The molecule has 0 unspecified atom stereocenters. The number of H-pyrrole nitrogens is 1. The fraction of sp³-hybridized carbons (Fsp3) is 0.600. The van der Waals surface area contributed by atoms with Gasteiger partial charge in [0.15, 0.2) is 0 Å². The molecule has 3 N–H and O–H groups in total. The maximum absolute atomic E-state index is 5.93. The van der Waals surface area contributed by atoms with Crippen molar-refractivity contribution in [2.75, 3.05) is 18.0 Å². The van der Waals surface area contributed by atoms with E-state index in [-0.39, 0.29) is 0 Å². The van der Waals surface area contributed by atoms with Crippen molar-refractivity contribution in [3.8, 4) is 0 Å². The molecule has 72 valence electrons. The summed E-state index contributed by atoms with van der Waals surface area (Å²) < 4.78 is 0. The van der Waals surface area contributed by atoms with Crippen LogP contribution in [0.15, 0.2) is 12.3 Å². The Balaban J connectivity index is 2.12. The van der Waals surface area contributed by atoms with Gasteiger partial charge in [-0.1, -0.05) is 0 Å². The van der Waals surface area contributed by atoms with E-state index in [0.29, 0.717) is 6.04 Å². The number of nitrogens with one attached hydrogen (secondary N) is 1. The van der Waals surface area contributed by atoms with Crippen LogP contribution >= 0.6 is 0 Å². The summed E-state index contributed by atoms with van der Waals surface area (Å²) in [4.78, 5) is 5.57. The van der Waals surface area contributed by atoms with Crippen molar-refractivity contribution >= 4 is 5.69 Å². The smallest absolute Gasteiger partial charge is 0.0574 e. The van der Waals surface area contributed by atoms with Gasteiger partial charge in [-0.3, -0.25) is 0 Å². The second kappa shape index (κ2) is 3.42. The molecule has 1 aromatic rings. The van der Waals surface area contributed by atoms with Gasteiger partial charge >= 0.3 is 0 Å². The number of hydrogen-bond acceptors (Lipinski definition) is 2. The van der Waals surface area contributed by atoms with Gasteiger partial charge < -0.3 is 15.6 Å². The molecule has 13 heavy (non-hydrogen) atoms. The maximum atomic E-state index is 5.93. The molecular formula is C10H17N3. The zero-order valence-electron chi connectivity index (χ0n) is 8.09. The van der Waals surface area contributed by atoms with E-state index in [1.807, 2.05) is 6.20 Å². The zero-order chi connectivity index (χ0) is 9.26. The molecular weight excluding hydrogens is 162 g/mol. The summed E-state index contributed by atoms with van der Waals surface area (Å²) in [5, 5.41) is 0. The van der Waals surface area contributed by atoms with Crippen LogP contribution in [0.3, 0.4) is 0 Å². The van der Waals surface area contributed by atoms with Gasteiger partial charge in [-0.05, 0) is 25.8 Å². The summed E-state index contributed by atoms with van der Waals surface area (Å²) in [5.41, 5.74) is 8.49. The number of rotatable bonds is 1. The van der Waals surface area contributed by atoms with E-state index < -0.39 is 0 Å². The minimum absolute atomic E-state index is 0.350. The van der Waals surface area contributed by atoms with Crippen LogP contribution in [-0.2, 0) is 0 Å². The highest BCUT2D eigenvalue weighted by Gasteiger charge is 2.18. The molecule has 1 aromatic heterocycles. The standard InChI is InChI=1S/C10H17N3/c1-8-10(4-5-12-8)13-6-2-3-9(11)7-13/h4-5,9,12H,2-3,6-7,11H2,1H3/t9-/m1/s1. The summed E-state index contributed by atoms with van der Waals surface area (Å²) in [6, 6.07) is 2.48. The van der Waals surface area contributed by atoms with Gasteiger partial charge in [0.1, 0.15) is 0 Å². The van der Waals surface area contributed by atoms with Crippen LogP contribution in [0.25, 0.3) is 0 Å². The molecule has 0 aromatic carbocycles. The van der Waals surface area contributed by atoms with E-state index >= 15 is 0 Å². The molecule has 3 heteroatoms. The van der Waals surface area contributed by atoms with Crippen LogP contribution in [0.1, 0.15) is 18.5 Å². The monoisotopic (exact) mass is 179 g/mol. The van der Waals surface area contributed by atoms with Gasteiger partial charge in [-0.2, -0.15) is 0 Å². The van der Waals surface area contributed by atoms with Crippen molar-refractivity contribution in [2.45, 2.75) is 25.8 Å². The minimum atomic E-state index is 0.350. The van der Waals surface area contributed by atoms with Crippen molar-refractivity contribution in [3.63, 3.8) is 0 Å². The number of aryl methyl sites for hydroxylation is 1. The molecule has 0 saturated carbocycles. The molecule has 0 amide bonds. The first-order valence-electron chi connectivity index (χ1n) is 4.92. The highest BCUT2D eigenvalue weighted by Crippen LogP contribution is 2.21. The molecule has 1 aliphatic heterocycles. The molecule has 0 spiro atoms. The average Bonchev–Trinajstić information content (AvgIpc) is 2.51. The van der Waals surface area contributed by atoms with Crippen molar-refractivity contribution in [2.24, 2.45) is 5.73 Å². The lowest BCUT2D eigenvalue weighted by Crippen LogP contribution is -2.42. The molecule has 1 atom stereocenters. The van der Waals surface area contributed by atoms with Gasteiger partial charge in [0.05, 0.1) is 5.69 Å². The molecule has 0 bridgehead atoms. The minimum Gasteiger partial charge on any atom is -0.369 e. The van der Waals surface area contributed by atoms with Gasteiger partial charge in [0.2, 0.25) is 0 Å². The number of piperidine rings is 1. The zero-order valence-corrected chi connectivity index (χ0v) is 8.09. The molecule has 2 rings (SSSR count). The quantitative estimate of drug-likeness (QED) is 0.681. The molecule has 0 aliphatic carbocycles. The largest absolute Gasteiger partial charge is 0.369 e. The molecule has 0 radical (unpaired) electrons. The molecule has 1 saturated heterocycles. The van der Waals surface area contributed by atoms with Gasteiger partial charge in [0, 0.05) is 31.0 Å². The van der Waals surface area contributed by atoms with E-state index in [2.05, 4.69) is 22.9 Å². The van der Waals surface area contributed by atoms with E-state index in [4.69, 9.17) is 5.73 Å². The SMILES string of the molecule is Cc1[nH]ccc1N1CCC[C@@H](N)C1. The van der Waals surface area contributed by atoms with Crippen molar-refractivity contribution in [1.29, 1.82) is 0 Å². The summed E-state index contributed by atoms with van der Waals surface area (Å²) in [7, 11) is 0. The first-order chi connectivity index (χ1) is 6.27. The Morgan fingerprint density at radius 3 is 3.08 bits per heavy atom. The lowest BCUT2D eigenvalue weighted by molar-refractivity contribution is 0.506. The predicted molar refractivity (Wildman–Crippen MR) is 55.0 cm³/mol. The fourth-order valence-corrected chi connectivity index (χ4v) is 2.02. The first-order valence-corrected chi connectivity index (χ1v) is 4.92. The summed E-state index contributed by atoms with van der Waals surface area (Å²) in [6.07, 6.45) is 4.37. The fourth-order valence-electron chi connectivity index (χ4n) is 2.02. The Morgan fingerprint density at radius 1 is 1.62 bits per heavy atom. The van der Waals surface area contributed by atoms with E-state index in [1.54, 1.807) is 0 Å². The van der Waals surface area contributed by atoms with E-state index in [0.717, 1.165) is 13.1 Å². The third kappa shape index (κ3) is 1.70. The van der Waals surface area contributed by atoms with E-state index in [1.165, 1.54) is 24.2 Å². The molecule has 1 aliphatic rings. The predicted octanol–water partition coefficient (Wildman–Crippen LogP) is 1.25. The van der Waals surface area contributed by atoms with Crippen LogP contribution in [0, 0.1) is 6.92 Å². The maximum Gasteiger partial charge on any atom is 0.0574 e. The summed E-state index contributed by atoms with van der Waals surface area (Å²) in [6.45, 7) is 4.25. The van der Waals surface area contributed by atoms with Crippen LogP contribution in [0.4, 0.5) is 5.69 Å². The van der Waals surface area contributed by atoms with Crippen LogP contribution in [0.2, 0.25) is 0 Å². The van der Waals surface area contributed by atoms with Crippen LogP contribution in [-0.4, -0.2) is 24.1 Å². The van der Waals surface area contributed by atoms with Crippen molar-refractivity contribution in [3.05, 3.63) is 18.0 Å². The van der Waals surface area contributed by atoms with Crippen molar-refractivity contribution in [1.82, 2.24) is 4.98 Å². The Bertz CT molecular complexity index is 279. The van der Waals surface area contributed by atoms with Gasteiger partial charge in [-0.25, -0.2) is 0 Å². The number of hydrogen-bond donors (Lipinski definition) is 2. The molecule has 2 heterocycles. The number of nitrogens with zero attached hydrogens (tertiary/aromatic N) is 1. The summed E-state index contributed by atoms with van der Waals surface area (Å²) >= 11 is 0. The summed E-state index contributed by atoms with van der Waals surface area (Å²) in [5.74, 6) is 0. The molecule has 3 nitrogen and oxygen atoms in total. The number of aromatic nitrogens is 1. The third-order valence-electron chi connectivity index (χ3n) is 2.72. The number of aromatic amines is 1. The first kappa shape index (κ1) is 8.63. The lowest BCUT2D eigenvalue weighted by atomic mass is 10.1. The van der Waals surface area contributed by atoms with Gasteiger partial charge in [0.25, 0.3) is 0 Å². The Hall–Kier alpha value is -0.960. The average molecular weight is 179 g/mol. The van der Waals surface area contributed by atoms with Crippen molar-refractivity contribution < 1.29 is 0 Å². The van der Waals surface area contributed by atoms with Crippen LogP contribution in [0.5, 0.6) is 0 Å². The topological polar surface area (TPSA) is 45.0 Å². The second-order valence-electron chi connectivity index (χ2n) is 3.84. The third-order valence-corrected chi connectivity index (χ3v) is 2.72. The van der Waals surface area contributed by atoms with Crippen LogP contribution < -0.4 is 10.6 Å². The lowest BCUT2D eigenvalue weighted by Gasteiger charge is -2.32. The highest BCUT2D eigenvalue weighted by atomic mass is 15.2. The van der Waals surface area contributed by atoms with E-state index in [9.17, 15) is 0 Å². The highest BCUT2D eigenvalue weighted by molar-refractivity contribution is 5.51. The Kier molecular flexibility index (Phi) is 2.27. The normalized spacial score (nSPS) is 23.5. The van der Waals surface area contributed by atoms with Gasteiger partial charge in [-0.15, -0.1) is 0 Å².